The Morgan fingerprint density at radius 3 is 2.39 bits per heavy atom. The van der Waals surface area contributed by atoms with Crippen molar-refractivity contribution in [2.75, 3.05) is 0 Å². The Bertz CT molecular complexity index is 642. The standard InChI is InChI=1S/C26H38F2/c1-3-5-7-9-11-13-21-15-17-22(18-16-21)24-20-19-23(25(27)26(24)28)14-12-10-8-6-4-2/h11,13,17,19-21H,3-10,12,14-16,18H2,1-2H3/b13-11+. The van der Waals surface area contributed by atoms with Gasteiger partial charge in [-0.1, -0.05) is 82.7 Å². The van der Waals surface area contributed by atoms with Gasteiger partial charge in [-0.2, -0.15) is 0 Å². The second-order valence-electron chi connectivity index (χ2n) is 8.25. The van der Waals surface area contributed by atoms with Gasteiger partial charge in [0.25, 0.3) is 0 Å². The molecule has 28 heavy (non-hydrogen) atoms. The summed E-state index contributed by atoms with van der Waals surface area (Å²) < 4.78 is 29.2. The summed E-state index contributed by atoms with van der Waals surface area (Å²) >= 11 is 0. The molecule has 1 aliphatic carbocycles. The summed E-state index contributed by atoms with van der Waals surface area (Å²) in [6.45, 7) is 4.40. The topological polar surface area (TPSA) is 0 Å². The lowest BCUT2D eigenvalue weighted by Gasteiger charge is -2.20. The maximum atomic E-state index is 14.7. The summed E-state index contributed by atoms with van der Waals surface area (Å²) in [5.41, 5.74) is 1.97. The second-order valence-corrected chi connectivity index (χ2v) is 8.25. The van der Waals surface area contributed by atoms with Crippen LogP contribution in [-0.4, -0.2) is 0 Å². The van der Waals surface area contributed by atoms with Gasteiger partial charge in [-0.05, 0) is 62.0 Å². The Labute approximate surface area is 171 Å². The van der Waals surface area contributed by atoms with Gasteiger partial charge in [-0.15, -0.1) is 0 Å². The smallest absolute Gasteiger partial charge is 0.166 e. The van der Waals surface area contributed by atoms with Gasteiger partial charge in [0.1, 0.15) is 0 Å². The third-order valence-corrected chi connectivity index (χ3v) is 5.89. The minimum Gasteiger partial charge on any atom is -0.203 e. The number of halogens is 2. The average molecular weight is 389 g/mol. The molecule has 2 heteroatoms. The van der Waals surface area contributed by atoms with Gasteiger partial charge >= 0.3 is 0 Å². The van der Waals surface area contributed by atoms with Crippen LogP contribution in [0.2, 0.25) is 0 Å². The second kappa shape index (κ2) is 12.9. The van der Waals surface area contributed by atoms with Crippen LogP contribution in [0.3, 0.4) is 0 Å². The van der Waals surface area contributed by atoms with Crippen molar-refractivity contribution >= 4 is 5.57 Å². The first kappa shape index (κ1) is 22.8. The van der Waals surface area contributed by atoms with Crippen LogP contribution in [-0.2, 0) is 6.42 Å². The van der Waals surface area contributed by atoms with Crippen LogP contribution in [0.5, 0.6) is 0 Å². The molecule has 1 atom stereocenters. The van der Waals surface area contributed by atoms with Crippen molar-refractivity contribution in [2.45, 2.75) is 97.3 Å². The first-order valence-corrected chi connectivity index (χ1v) is 11.5. The van der Waals surface area contributed by atoms with E-state index in [0.717, 1.165) is 44.1 Å². The molecule has 2 rings (SSSR count). The predicted molar refractivity (Wildman–Crippen MR) is 117 cm³/mol. The van der Waals surface area contributed by atoms with Gasteiger partial charge in [-0.25, -0.2) is 8.78 Å². The van der Waals surface area contributed by atoms with Gasteiger partial charge in [-0.3, -0.25) is 0 Å². The van der Waals surface area contributed by atoms with E-state index in [1.807, 2.05) is 0 Å². The Hall–Kier alpha value is -1.44. The summed E-state index contributed by atoms with van der Waals surface area (Å²) in [5, 5.41) is 0. The third kappa shape index (κ3) is 7.18. The summed E-state index contributed by atoms with van der Waals surface area (Å²) in [5.74, 6) is -0.738. The van der Waals surface area contributed by atoms with Crippen molar-refractivity contribution in [1.29, 1.82) is 0 Å². The molecule has 1 unspecified atom stereocenters. The lowest BCUT2D eigenvalue weighted by molar-refractivity contribution is 0.491. The van der Waals surface area contributed by atoms with Gasteiger partial charge in [0.05, 0.1) is 0 Å². The van der Waals surface area contributed by atoms with E-state index >= 15 is 0 Å². The van der Waals surface area contributed by atoms with E-state index in [9.17, 15) is 8.78 Å². The number of benzene rings is 1. The fraction of sp³-hybridized carbons (Fsp3) is 0.615. The van der Waals surface area contributed by atoms with Crippen molar-refractivity contribution in [1.82, 2.24) is 0 Å². The number of rotatable bonds is 12. The van der Waals surface area contributed by atoms with Crippen LogP contribution >= 0.6 is 0 Å². The highest BCUT2D eigenvalue weighted by Crippen LogP contribution is 2.33. The van der Waals surface area contributed by atoms with Crippen LogP contribution in [0.25, 0.3) is 5.57 Å². The molecule has 0 N–H and O–H groups in total. The molecular weight excluding hydrogens is 350 g/mol. The molecule has 0 spiro atoms. The van der Waals surface area contributed by atoms with E-state index in [-0.39, 0.29) is 0 Å². The molecule has 0 fully saturated rings. The monoisotopic (exact) mass is 388 g/mol. The molecule has 0 amide bonds. The molecule has 156 valence electrons. The van der Waals surface area contributed by atoms with Gasteiger partial charge in [0.15, 0.2) is 11.6 Å². The molecule has 1 aliphatic rings. The Morgan fingerprint density at radius 1 is 0.929 bits per heavy atom. The van der Waals surface area contributed by atoms with Crippen molar-refractivity contribution in [2.24, 2.45) is 5.92 Å². The summed E-state index contributed by atoms with van der Waals surface area (Å²) in [7, 11) is 0. The van der Waals surface area contributed by atoms with Gasteiger partial charge in [0.2, 0.25) is 0 Å². The zero-order valence-corrected chi connectivity index (χ0v) is 17.9. The van der Waals surface area contributed by atoms with Gasteiger partial charge < -0.3 is 0 Å². The Kier molecular flexibility index (Phi) is 10.5. The van der Waals surface area contributed by atoms with Crippen molar-refractivity contribution in [3.05, 3.63) is 53.1 Å². The molecular formula is C26H38F2. The lowest BCUT2D eigenvalue weighted by Crippen LogP contribution is -2.06. The fourth-order valence-corrected chi connectivity index (χ4v) is 4.02. The van der Waals surface area contributed by atoms with E-state index in [2.05, 4.69) is 32.1 Å². The highest BCUT2D eigenvalue weighted by atomic mass is 19.2. The number of unbranched alkanes of at least 4 members (excludes halogenated alkanes) is 7. The third-order valence-electron chi connectivity index (χ3n) is 5.89. The van der Waals surface area contributed by atoms with Crippen molar-refractivity contribution in [3.63, 3.8) is 0 Å². The minimum absolute atomic E-state index is 0.470. The summed E-state index contributed by atoms with van der Waals surface area (Å²) in [6, 6.07) is 3.60. The van der Waals surface area contributed by atoms with Crippen LogP contribution in [0.4, 0.5) is 8.78 Å². The molecule has 0 bridgehead atoms. The fourth-order valence-electron chi connectivity index (χ4n) is 4.02. The first-order chi connectivity index (χ1) is 13.7. The zero-order valence-electron chi connectivity index (χ0n) is 17.9. The zero-order chi connectivity index (χ0) is 20.2. The summed E-state index contributed by atoms with van der Waals surface area (Å²) in [6.07, 6.45) is 20.7. The van der Waals surface area contributed by atoms with Crippen LogP contribution in [0, 0.1) is 17.6 Å². The number of hydrogen-bond donors (Lipinski definition) is 0. The quantitative estimate of drug-likeness (QED) is 0.248. The van der Waals surface area contributed by atoms with E-state index in [1.54, 1.807) is 12.1 Å². The van der Waals surface area contributed by atoms with Crippen molar-refractivity contribution < 1.29 is 8.78 Å². The lowest BCUT2D eigenvalue weighted by atomic mass is 9.85. The molecule has 0 aromatic heterocycles. The maximum absolute atomic E-state index is 14.7. The number of allylic oxidation sites excluding steroid dienone is 4. The SMILES string of the molecule is CCCCC/C=C/C1CC=C(c2ccc(CCCCCCC)c(F)c2F)CC1. The van der Waals surface area contributed by atoms with Crippen LogP contribution in [0.15, 0.2) is 30.4 Å². The molecule has 0 nitrogen and oxygen atoms in total. The van der Waals surface area contributed by atoms with Crippen LogP contribution < -0.4 is 0 Å². The molecule has 1 aromatic carbocycles. The number of aryl methyl sites for hydroxylation is 1. The van der Waals surface area contributed by atoms with E-state index in [4.69, 9.17) is 0 Å². The average Bonchev–Trinajstić information content (AvgIpc) is 2.71. The summed E-state index contributed by atoms with van der Waals surface area (Å²) in [4.78, 5) is 0. The van der Waals surface area contributed by atoms with Crippen LogP contribution in [0.1, 0.15) is 102 Å². The maximum Gasteiger partial charge on any atom is 0.166 e. The molecule has 0 saturated heterocycles. The molecule has 1 aromatic rings. The Balaban J connectivity index is 1.90. The van der Waals surface area contributed by atoms with E-state index in [1.165, 1.54) is 38.5 Å². The highest BCUT2D eigenvalue weighted by molar-refractivity contribution is 5.67. The predicted octanol–water partition coefficient (Wildman–Crippen LogP) is 8.80. The largest absolute Gasteiger partial charge is 0.203 e. The molecule has 0 radical (unpaired) electrons. The minimum atomic E-state index is -0.647. The Morgan fingerprint density at radius 2 is 1.68 bits per heavy atom. The molecule has 0 saturated carbocycles. The first-order valence-electron chi connectivity index (χ1n) is 11.5. The van der Waals surface area contributed by atoms with E-state index in [0.29, 0.717) is 23.5 Å². The number of hydrogen-bond acceptors (Lipinski definition) is 0. The van der Waals surface area contributed by atoms with Gasteiger partial charge in [0, 0.05) is 5.56 Å². The van der Waals surface area contributed by atoms with Crippen molar-refractivity contribution in [3.8, 4) is 0 Å². The molecule has 0 heterocycles. The molecule has 0 aliphatic heterocycles. The highest BCUT2D eigenvalue weighted by Gasteiger charge is 2.19. The van der Waals surface area contributed by atoms with E-state index < -0.39 is 11.6 Å². The normalized spacial score (nSPS) is 17.3.